The zero-order valence-corrected chi connectivity index (χ0v) is 17.0. The number of nitrogens with zero attached hydrogens (tertiary/aromatic N) is 2. The van der Waals surface area contributed by atoms with E-state index in [1.165, 1.54) is 6.92 Å². The fourth-order valence-corrected chi connectivity index (χ4v) is 4.40. The highest BCUT2D eigenvalue weighted by atomic mass is 35.5. The van der Waals surface area contributed by atoms with E-state index in [4.69, 9.17) is 22.1 Å². The minimum Gasteiger partial charge on any atom is -0.465 e. The zero-order valence-electron chi connectivity index (χ0n) is 15.4. The summed E-state index contributed by atoms with van der Waals surface area (Å²) in [6.45, 7) is 1.12. The Morgan fingerprint density at radius 2 is 2.07 bits per heavy atom. The van der Waals surface area contributed by atoms with Crippen molar-refractivity contribution in [2.75, 3.05) is 12.4 Å². The van der Waals surface area contributed by atoms with Crippen LogP contribution in [0.2, 0.25) is 5.02 Å². The number of rotatable bonds is 7. The Labute approximate surface area is 173 Å². The molecule has 29 heavy (non-hydrogen) atoms. The molecule has 1 aliphatic rings. The normalized spacial score (nSPS) is 13.6. The van der Waals surface area contributed by atoms with Crippen LogP contribution in [-0.2, 0) is 16.1 Å². The van der Waals surface area contributed by atoms with Gasteiger partial charge in [0, 0.05) is 5.92 Å². The number of carbonyl (C=O) groups excluding carboxylic acids is 3. The SMILES string of the molecule is COC(=O)c1c(NC(=O)Cn2nc(C(F)F)c(Cl)c2C2CC2)sc(C(N)=O)c1C. The molecule has 3 N–H and O–H groups in total. The number of ether oxygens (including phenoxy) is 1. The first-order valence-electron chi connectivity index (χ1n) is 8.51. The van der Waals surface area contributed by atoms with Gasteiger partial charge in [-0.1, -0.05) is 11.6 Å². The van der Waals surface area contributed by atoms with Gasteiger partial charge in [0.05, 0.1) is 28.3 Å². The lowest BCUT2D eigenvalue weighted by Crippen LogP contribution is -2.21. The maximum atomic E-state index is 13.1. The number of amides is 2. The van der Waals surface area contributed by atoms with Crippen molar-refractivity contribution in [1.82, 2.24) is 9.78 Å². The molecule has 0 bridgehead atoms. The van der Waals surface area contributed by atoms with Crippen molar-refractivity contribution in [3.63, 3.8) is 0 Å². The van der Waals surface area contributed by atoms with Crippen LogP contribution in [0.5, 0.6) is 0 Å². The van der Waals surface area contributed by atoms with Crippen LogP contribution in [0.1, 0.15) is 62.2 Å². The molecule has 0 atom stereocenters. The van der Waals surface area contributed by atoms with Crippen LogP contribution in [-0.4, -0.2) is 34.7 Å². The van der Waals surface area contributed by atoms with E-state index in [-0.39, 0.29) is 38.5 Å². The molecule has 1 saturated carbocycles. The number of nitrogens with one attached hydrogen (secondary N) is 1. The first-order chi connectivity index (χ1) is 13.6. The van der Waals surface area contributed by atoms with Gasteiger partial charge in [-0.25, -0.2) is 13.6 Å². The summed E-state index contributed by atoms with van der Waals surface area (Å²) in [6.07, 6.45) is -1.32. The predicted octanol–water partition coefficient (Wildman–Crippen LogP) is 3.25. The van der Waals surface area contributed by atoms with Crippen LogP contribution in [0.25, 0.3) is 0 Å². The van der Waals surface area contributed by atoms with E-state index in [0.717, 1.165) is 36.0 Å². The fourth-order valence-electron chi connectivity index (χ4n) is 2.97. The quantitative estimate of drug-likeness (QED) is 0.633. The molecule has 12 heteroatoms. The van der Waals surface area contributed by atoms with Gasteiger partial charge in [-0.05, 0) is 25.3 Å². The van der Waals surface area contributed by atoms with Gasteiger partial charge < -0.3 is 15.8 Å². The third-order valence-electron chi connectivity index (χ3n) is 4.43. The molecule has 3 rings (SSSR count). The average Bonchev–Trinajstić information content (AvgIpc) is 3.34. The molecule has 0 spiro atoms. The Bertz CT molecular complexity index is 1000. The Morgan fingerprint density at radius 1 is 1.41 bits per heavy atom. The number of anilines is 1. The van der Waals surface area contributed by atoms with Gasteiger partial charge in [-0.3, -0.25) is 14.3 Å². The minimum atomic E-state index is -2.87. The van der Waals surface area contributed by atoms with Crippen molar-refractivity contribution in [2.45, 2.75) is 38.7 Å². The summed E-state index contributed by atoms with van der Waals surface area (Å²) >= 11 is 6.87. The number of nitrogens with two attached hydrogens (primary N) is 1. The lowest BCUT2D eigenvalue weighted by molar-refractivity contribution is -0.116. The topological polar surface area (TPSA) is 116 Å². The van der Waals surface area contributed by atoms with E-state index >= 15 is 0 Å². The van der Waals surface area contributed by atoms with E-state index in [9.17, 15) is 23.2 Å². The molecular formula is C17H17ClF2N4O4S. The highest BCUT2D eigenvalue weighted by Gasteiger charge is 2.34. The molecule has 0 saturated heterocycles. The summed E-state index contributed by atoms with van der Waals surface area (Å²) in [6, 6.07) is 0. The third kappa shape index (κ3) is 4.10. The molecule has 0 aliphatic heterocycles. The number of hydrogen-bond acceptors (Lipinski definition) is 6. The van der Waals surface area contributed by atoms with Crippen molar-refractivity contribution in [3.05, 3.63) is 32.4 Å². The molecule has 2 aromatic heterocycles. The maximum absolute atomic E-state index is 13.1. The number of halogens is 3. The number of primary amides is 1. The Kier molecular flexibility index (Phi) is 5.90. The van der Waals surface area contributed by atoms with E-state index in [1.807, 2.05) is 0 Å². The van der Waals surface area contributed by atoms with Crippen molar-refractivity contribution in [3.8, 4) is 0 Å². The van der Waals surface area contributed by atoms with Gasteiger partial charge in [0.2, 0.25) is 5.91 Å². The van der Waals surface area contributed by atoms with Gasteiger partial charge in [0.15, 0.2) is 0 Å². The van der Waals surface area contributed by atoms with Crippen LogP contribution < -0.4 is 11.1 Å². The molecule has 0 unspecified atom stereocenters. The molecule has 2 aromatic rings. The number of carbonyl (C=O) groups is 3. The summed E-state index contributed by atoms with van der Waals surface area (Å²) < 4.78 is 32.1. The van der Waals surface area contributed by atoms with Gasteiger partial charge in [-0.2, -0.15) is 5.10 Å². The van der Waals surface area contributed by atoms with Crippen molar-refractivity contribution < 1.29 is 27.9 Å². The lowest BCUT2D eigenvalue weighted by Gasteiger charge is -2.08. The number of aromatic nitrogens is 2. The van der Waals surface area contributed by atoms with Crippen LogP contribution >= 0.6 is 22.9 Å². The molecule has 8 nitrogen and oxygen atoms in total. The first kappa shape index (κ1) is 21.2. The van der Waals surface area contributed by atoms with Crippen molar-refractivity contribution in [1.29, 1.82) is 0 Å². The number of esters is 1. The second-order valence-electron chi connectivity index (χ2n) is 6.48. The molecular weight excluding hydrogens is 430 g/mol. The highest BCUT2D eigenvalue weighted by molar-refractivity contribution is 7.18. The summed E-state index contributed by atoms with van der Waals surface area (Å²) in [5.41, 5.74) is 5.42. The van der Waals surface area contributed by atoms with Crippen LogP contribution in [0.15, 0.2) is 0 Å². The number of alkyl halides is 2. The first-order valence-corrected chi connectivity index (χ1v) is 9.70. The van der Waals surface area contributed by atoms with E-state index < -0.39 is 29.9 Å². The third-order valence-corrected chi connectivity index (χ3v) is 6.04. The minimum absolute atomic E-state index is 0.00818. The Hall–Kier alpha value is -2.53. The fraction of sp³-hybridized carbons (Fsp3) is 0.412. The Morgan fingerprint density at radius 3 is 2.59 bits per heavy atom. The van der Waals surface area contributed by atoms with Crippen LogP contribution in [0.4, 0.5) is 13.8 Å². The van der Waals surface area contributed by atoms with Gasteiger partial charge in [-0.15, -0.1) is 11.3 Å². The molecule has 2 heterocycles. The summed E-state index contributed by atoms with van der Waals surface area (Å²) in [7, 11) is 1.16. The van der Waals surface area contributed by atoms with Crippen LogP contribution in [0, 0.1) is 6.92 Å². The average molecular weight is 447 g/mol. The lowest BCUT2D eigenvalue weighted by atomic mass is 10.1. The largest absolute Gasteiger partial charge is 0.465 e. The zero-order chi connectivity index (χ0) is 21.5. The van der Waals surface area contributed by atoms with E-state index in [2.05, 4.69) is 10.4 Å². The summed E-state index contributed by atoms with van der Waals surface area (Å²) in [4.78, 5) is 36.3. The smallest absolute Gasteiger partial charge is 0.341 e. The standard InChI is InChI=1S/C17H17ClF2N4O4S/c1-6-9(17(27)28-2)16(29-13(6)15(21)26)22-8(25)5-24-12(7-3-4-7)10(18)11(23-24)14(19)20/h7,14H,3-5H2,1-2H3,(H2,21,26)(H,22,25). The number of hydrogen-bond donors (Lipinski definition) is 2. The van der Waals surface area contributed by atoms with Crippen molar-refractivity contribution in [2.24, 2.45) is 5.73 Å². The monoisotopic (exact) mass is 446 g/mol. The molecule has 1 fully saturated rings. The second kappa shape index (κ2) is 8.07. The van der Waals surface area contributed by atoms with E-state index in [0.29, 0.717) is 5.69 Å². The molecule has 156 valence electrons. The number of methoxy groups -OCH3 is 1. The summed E-state index contributed by atoms with van der Waals surface area (Å²) in [5, 5.41) is 6.25. The molecule has 0 radical (unpaired) electrons. The molecule has 2 amide bonds. The van der Waals surface area contributed by atoms with Crippen molar-refractivity contribution >= 4 is 45.7 Å². The Balaban J connectivity index is 1.89. The van der Waals surface area contributed by atoms with Gasteiger partial charge >= 0.3 is 5.97 Å². The van der Waals surface area contributed by atoms with E-state index in [1.54, 1.807) is 0 Å². The number of thiophene rings is 1. The molecule has 0 aromatic carbocycles. The second-order valence-corrected chi connectivity index (χ2v) is 7.88. The molecule has 1 aliphatic carbocycles. The van der Waals surface area contributed by atoms with Crippen LogP contribution in [0.3, 0.4) is 0 Å². The maximum Gasteiger partial charge on any atom is 0.341 e. The van der Waals surface area contributed by atoms with Gasteiger partial charge in [0.25, 0.3) is 12.3 Å². The summed E-state index contributed by atoms with van der Waals surface area (Å²) in [5.74, 6) is -2.15. The predicted molar refractivity (Wildman–Crippen MR) is 102 cm³/mol. The van der Waals surface area contributed by atoms with Gasteiger partial charge in [0.1, 0.15) is 17.2 Å². The highest BCUT2D eigenvalue weighted by Crippen LogP contribution is 2.45.